The van der Waals surface area contributed by atoms with Gasteiger partial charge in [-0.2, -0.15) is 5.10 Å². The molecule has 0 saturated carbocycles. The lowest BCUT2D eigenvalue weighted by molar-refractivity contribution is -0.144. The Labute approximate surface area is 236 Å². The molecule has 2 atom stereocenters. The number of methoxy groups -OCH3 is 1. The van der Waals surface area contributed by atoms with Gasteiger partial charge in [0.2, 0.25) is 0 Å². The van der Waals surface area contributed by atoms with Gasteiger partial charge >= 0.3 is 0 Å². The van der Waals surface area contributed by atoms with Gasteiger partial charge < -0.3 is 9.72 Å². The van der Waals surface area contributed by atoms with Gasteiger partial charge in [0.15, 0.2) is 6.10 Å². The van der Waals surface area contributed by atoms with Crippen molar-refractivity contribution < 1.29 is 9.53 Å². The normalized spacial score (nSPS) is 15.7. The zero-order chi connectivity index (χ0) is 27.6. The van der Waals surface area contributed by atoms with Crippen LogP contribution in [0.1, 0.15) is 35.3 Å². The summed E-state index contributed by atoms with van der Waals surface area (Å²) in [4.78, 5) is 30.8. The molecule has 1 amide bonds. The van der Waals surface area contributed by atoms with E-state index < -0.39 is 12.1 Å². The first-order chi connectivity index (χ1) is 19.5. The van der Waals surface area contributed by atoms with Crippen LogP contribution in [0.5, 0.6) is 0 Å². The van der Waals surface area contributed by atoms with Crippen molar-refractivity contribution in [2.24, 2.45) is 5.10 Å². The topological polar surface area (TPSA) is 74.8 Å². The summed E-state index contributed by atoms with van der Waals surface area (Å²) in [6.45, 7) is 0. The number of aromatic nitrogens is 1. The second-order valence-corrected chi connectivity index (χ2v) is 10.1. The van der Waals surface area contributed by atoms with Gasteiger partial charge in [-0.3, -0.25) is 9.59 Å². The van der Waals surface area contributed by atoms with E-state index in [4.69, 9.17) is 21.4 Å². The van der Waals surface area contributed by atoms with Crippen LogP contribution in [0.25, 0.3) is 22.0 Å². The summed E-state index contributed by atoms with van der Waals surface area (Å²) in [5.41, 5.74) is 4.57. The Bertz CT molecular complexity index is 1770. The number of H-pyrrole nitrogens is 1. The Morgan fingerprint density at radius 2 is 1.57 bits per heavy atom. The third kappa shape index (κ3) is 4.72. The molecule has 1 aliphatic heterocycles. The van der Waals surface area contributed by atoms with Gasteiger partial charge in [-0.25, -0.2) is 5.01 Å². The van der Waals surface area contributed by atoms with E-state index in [0.29, 0.717) is 28.2 Å². The van der Waals surface area contributed by atoms with Crippen molar-refractivity contribution in [1.29, 1.82) is 0 Å². The lowest BCUT2D eigenvalue weighted by Gasteiger charge is -2.26. The molecular weight excluding hydrogens is 522 g/mol. The highest BCUT2D eigenvalue weighted by Crippen LogP contribution is 2.38. The zero-order valence-electron chi connectivity index (χ0n) is 21.8. The summed E-state index contributed by atoms with van der Waals surface area (Å²) >= 11 is 6.42. The maximum absolute atomic E-state index is 14.0. The van der Waals surface area contributed by atoms with Crippen molar-refractivity contribution in [3.8, 4) is 11.1 Å². The van der Waals surface area contributed by atoms with E-state index in [9.17, 15) is 9.59 Å². The number of hydrazone groups is 1. The largest absolute Gasteiger partial charge is 0.367 e. The first-order valence-electron chi connectivity index (χ1n) is 13.0. The quantitative estimate of drug-likeness (QED) is 0.251. The van der Waals surface area contributed by atoms with Gasteiger partial charge in [0.25, 0.3) is 11.5 Å². The number of benzene rings is 4. The minimum Gasteiger partial charge on any atom is -0.367 e. The van der Waals surface area contributed by atoms with E-state index in [-0.39, 0.29) is 11.5 Å². The molecule has 1 aliphatic rings. The molecule has 7 heteroatoms. The highest BCUT2D eigenvalue weighted by molar-refractivity contribution is 6.31. The number of halogens is 1. The predicted molar refractivity (Wildman–Crippen MR) is 158 cm³/mol. The van der Waals surface area contributed by atoms with Crippen molar-refractivity contribution in [3.63, 3.8) is 0 Å². The maximum Gasteiger partial charge on any atom is 0.276 e. The maximum atomic E-state index is 14.0. The SMILES string of the molecule is CO[C@H](C(=O)N1N=C(c2c(-c3ccccc3)c3cc(Cl)ccc3[nH]c2=O)C[C@@H]1c1ccccc1)c1ccccc1. The van der Waals surface area contributed by atoms with Crippen molar-refractivity contribution in [2.75, 3.05) is 7.11 Å². The number of fused-ring (bicyclic) bond motifs is 1. The van der Waals surface area contributed by atoms with Gasteiger partial charge in [0.1, 0.15) is 0 Å². The van der Waals surface area contributed by atoms with E-state index in [1.54, 1.807) is 12.1 Å². The summed E-state index contributed by atoms with van der Waals surface area (Å²) in [5, 5.41) is 7.69. The molecule has 0 spiro atoms. The molecule has 2 heterocycles. The third-order valence-corrected chi connectivity index (χ3v) is 7.45. The number of aromatic amines is 1. The first kappa shape index (κ1) is 25.7. The standard InChI is InChI=1S/C33H26ClN3O3/c1-40-31(23-15-9-4-10-16-23)33(39)37-28(21-11-5-2-6-12-21)20-27(36-37)30-29(22-13-7-3-8-14-22)25-19-24(34)17-18-26(25)35-32(30)38/h2-19,28,31H,20H2,1H3,(H,35,38)/t28-,31+/m1/s1. The minimum atomic E-state index is -0.849. The van der Waals surface area contributed by atoms with Gasteiger partial charge in [-0.1, -0.05) is 103 Å². The first-order valence-corrected chi connectivity index (χ1v) is 13.4. The fourth-order valence-electron chi connectivity index (χ4n) is 5.37. The Morgan fingerprint density at radius 3 is 2.25 bits per heavy atom. The molecule has 5 aromatic rings. The van der Waals surface area contributed by atoms with E-state index in [0.717, 1.165) is 27.6 Å². The van der Waals surface area contributed by atoms with E-state index in [1.807, 2.05) is 97.1 Å². The lowest BCUT2D eigenvalue weighted by atomic mass is 9.91. The molecule has 0 aliphatic carbocycles. The van der Waals surface area contributed by atoms with Gasteiger partial charge in [-0.05, 0) is 34.9 Å². The molecule has 0 radical (unpaired) electrons. The Morgan fingerprint density at radius 1 is 0.925 bits per heavy atom. The average molecular weight is 548 g/mol. The molecule has 0 fully saturated rings. The second-order valence-electron chi connectivity index (χ2n) is 9.65. The minimum absolute atomic E-state index is 0.278. The Balaban J connectivity index is 1.55. The molecule has 6 rings (SSSR count). The number of hydrogen-bond donors (Lipinski definition) is 1. The van der Waals surface area contributed by atoms with Gasteiger partial charge in [0, 0.05) is 35.0 Å². The van der Waals surface area contributed by atoms with Crippen LogP contribution in [-0.2, 0) is 9.53 Å². The van der Waals surface area contributed by atoms with Crippen LogP contribution >= 0.6 is 11.6 Å². The highest BCUT2D eigenvalue weighted by atomic mass is 35.5. The summed E-state index contributed by atoms with van der Waals surface area (Å²) in [5.74, 6) is -0.306. The summed E-state index contributed by atoms with van der Waals surface area (Å²) in [7, 11) is 1.51. The van der Waals surface area contributed by atoms with E-state index >= 15 is 0 Å². The number of amides is 1. The molecule has 1 N–H and O–H groups in total. The zero-order valence-corrected chi connectivity index (χ0v) is 22.5. The van der Waals surface area contributed by atoms with Crippen molar-refractivity contribution in [1.82, 2.24) is 9.99 Å². The number of nitrogens with zero attached hydrogens (tertiary/aromatic N) is 2. The number of carbonyl (C=O) groups is 1. The lowest BCUT2D eigenvalue weighted by Crippen LogP contribution is -2.32. The summed E-state index contributed by atoms with van der Waals surface area (Å²) in [6, 6.07) is 33.8. The molecular formula is C33H26ClN3O3. The van der Waals surface area contributed by atoms with Crippen LogP contribution in [0.15, 0.2) is 119 Å². The smallest absolute Gasteiger partial charge is 0.276 e. The van der Waals surface area contributed by atoms with Crippen molar-refractivity contribution in [2.45, 2.75) is 18.6 Å². The highest BCUT2D eigenvalue weighted by Gasteiger charge is 2.38. The van der Waals surface area contributed by atoms with Crippen LogP contribution < -0.4 is 5.56 Å². The molecule has 0 unspecified atom stereocenters. The van der Waals surface area contributed by atoms with Crippen LogP contribution in [0.4, 0.5) is 0 Å². The Kier molecular flexibility index (Phi) is 7.03. The summed E-state index contributed by atoms with van der Waals surface area (Å²) in [6.07, 6.45) is -0.492. The summed E-state index contributed by atoms with van der Waals surface area (Å²) < 4.78 is 5.68. The van der Waals surface area contributed by atoms with Gasteiger partial charge in [0.05, 0.1) is 17.3 Å². The van der Waals surface area contributed by atoms with Gasteiger partial charge in [-0.15, -0.1) is 0 Å². The average Bonchev–Trinajstić information content (AvgIpc) is 3.44. The molecule has 6 nitrogen and oxygen atoms in total. The van der Waals surface area contributed by atoms with Crippen molar-refractivity contribution >= 4 is 34.1 Å². The number of ether oxygens (including phenoxy) is 1. The van der Waals surface area contributed by atoms with Crippen LogP contribution in [0, 0.1) is 0 Å². The predicted octanol–water partition coefficient (Wildman–Crippen LogP) is 6.91. The fourth-order valence-corrected chi connectivity index (χ4v) is 5.54. The number of hydrogen-bond acceptors (Lipinski definition) is 4. The molecule has 0 saturated heterocycles. The van der Waals surface area contributed by atoms with E-state index in [2.05, 4.69) is 4.98 Å². The van der Waals surface area contributed by atoms with Crippen LogP contribution in [-0.4, -0.2) is 28.7 Å². The van der Waals surface area contributed by atoms with Crippen molar-refractivity contribution in [3.05, 3.63) is 141 Å². The number of pyridine rings is 1. The fraction of sp³-hybridized carbons (Fsp3) is 0.121. The monoisotopic (exact) mass is 547 g/mol. The molecule has 0 bridgehead atoms. The Hall–Kier alpha value is -4.52. The molecule has 1 aromatic heterocycles. The van der Waals surface area contributed by atoms with Crippen LogP contribution in [0.3, 0.4) is 0 Å². The number of carbonyl (C=O) groups excluding carboxylic acids is 1. The molecule has 40 heavy (non-hydrogen) atoms. The van der Waals surface area contributed by atoms with E-state index in [1.165, 1.54) is 12.1 Å². The number of nitrogens with one attached hydrogen (secondary N) is 1. The third-order valence-electron chi connectivity index (χ3n) is 7.21. The van der Waals surface area contributed by atoms with Crippen LogP contribution in [0.2, 0.25) is 5.02 Å². The molecule has 4 aromatic carbocycles. The molecule has 198 valence electrons. The second kappa shape index (κ2) is 10.9. The number of rotatable bonds is 6.